The summed E-state index contributed by atoms with van der Waals surface area (Å²) in [6.45, 7) is 4.04. The molecule has 25 heavy (non-hydrogen) atoms. The summed E-state index contributed by atoms with van der Waals surface area (Å²) >= 11 is 0. The molecule has 3 heterocycles. The van der Waals surface area contributed by atoms with E-state index in [4.69, 9.17) is 4.74 Å². The van der Waals surface area contributed by atoms with E-state index < -0.39 is 0 Å². The molecule has 1 atom stereocenters. The zero-order valence-corrected chi connectivity index (χ0v) is 14.2. The highest BCUT2D eigenvalue weighted by Gasteiger charge is 2.22. The molecule has 4 rings (SSSR count). The molecule has 1 N–H and O–H groups in total. The molecule has 1 fully saturated rings. The molecule has 0 radical (unpaired) electrons. The summed E-state index contributed by atoms with van der Waals surface area (Å²) in [5.74, 6) is 1.77. The van der Waals surface area contributed by atoms with Crippen LogP contribution in [0.3, 0.4) is 0 Å². The number of phenolic OH excluding ortho intramolecular Hbond substituents is 1. The van der Waals surface area contributed by atoms with Crippen molar-refractivity contribution >= 4 is 11.6 Å². The van der Waals surface area contributed by atoms with Crippen molar-refractivity contribution < 1.29 is 9.84 Å². The number of phenols is 1. The van der Waals surface area contributed by atoms with Crippen LogP contribution in [0.25, 0.3) is 5.78 Å². The highest BCUT2D eigenvalue weighted by atomic mass is 16.5. The number of para-hydroxylation sites is 1. The standard InChI is InChI=1S/C18H21N5O2/c1-13-9-17(23-18(21-13)19-12-20-23)22(11-15-6-4-8-25-15)10-14-5-2-3-7-16(14)24/h2-3,5,7,9,12,15,24H,4,6,8,10-11H2,1H3/t15-/m0/s1. The molecule has 1 aliphatic rings. The number of hydrogen-bond donors (Lipinski definition) is 1. The van der Waals surface area contributed by atoms with E-state index in [1.807, 2.05) is 31.2 Å². The van der Waals surface area contributed by atoms with Gasteiger partial charge in [0.2, 0.25) is 0 Å². The summed E-state index contributed by atoms with van der Waals surface area (Å²) < 4.78 is 7.57. The molecule has 0 bridgehead atoms. The third-order valence-corrected chi connectivity index (χ3v) is 4.49. The van der Waals surface area contributed by atoms with E-state index >= 15 is 0 Å². The molecule has 0 amide bonds. The number of rotatable bonds is 5. The molecule has 1 saturated heterocycles. The highest BCUT2D eigenvalue weighted by Crippen LogP contribution is 2.25. The van der Waals surface area contributed by atoms with Crippen LogP contribution in [0.2, 0.25) is 0 Å². The molecule has 0 unspecified atom stereocenters. The minimum absolute atomic E-state index is 0.179. The van der Waals surface area contributed by atoms with Crippen LogP contribution in [0.4, 0.5) is 5.82 Å². The highest BCUT2D eigenvalue weighted by molar-refractivity contribution is 5.49. The van der Waals surface area contributed by atoms with Crippen LogP contribution in [-0.4, -0.2) is 43.9 Å². The summed E-state index contributed by atoms with van der Waals surface area (Å²) in [6, 6.07) is 9.40. The molecule has 0 spiro atoms. The van der Waals surface area contributed by atoms with Crippen LogP contribution in [0, 0.1) is 6.92 Å². The molecule has 7 nitrogen and oxygen atoms in total. The van der Waals surface area contributed by atoms with Crippen LogP contribution in [-0.2, 0) is 11.3 Å². The monoisotopic (exact) mass is 339 g/mol. The SMILES string of the molecule is Cc1cc(N(Cc2ccccc2O)C[C@@H]2CCCO2)n2ncnc2n1. The topological polar surface area (TPSA) is 75.8 Å². The number of aryl methyl sites for hydroxylation is 1. The number of aromatic nitrogens is 4. The number of hydrogen-bond acceptors (Lipinski definition) is 6. The largest absolute Gasteiger partial charge is 0.508 e. The fourth-order valence-electron chi connectivity index (χ4n) is 3.26. The van der Waals surface area contributed by atoms with Gasteiger partial charge < -0.3 is 14.7 Å². The quantitative estimate of drug-likeness (QED) is 0.769. The van der Waals surface area contributed by atoms with Gasteiger partial charge in [-0.25, -0.2) is 4.98 Å². The molecule has 2 aromatic heterocycles. The van der Waals surface area contributed by atoms with Gasteiger partial charge in [0.1, 0.15) is 17.9 Å². The zero-order chi connectivity index (χ0) is 17.2. The lowest BCUT2D eigenvalue weighted by Crippen LogP contribution is -2.33. The first-order valence-corrected chi connectivity index (χ1v) is 8.51. The molecule has 0 saturated carbocycles. The third-order valence-electron chi connectivity index (χ3n) is 4.49. The second-order valence-corrected chi connectivity index (χ2v) is 6.37. The predicted octanol–water partition coefficient (Wildman–Crippen LogP) is 2.32. The molecular formula is C18H21N5O2. The van der Waals surface area contributed by atoms with Gasteiger partial charge in [0.15, 0.2) is 0 Å². The average molecular weight is 339 g/mol. The first-order chi connectivity index (χ1) is 12.2. The van der Waals surface area contributed by atoms with Gasteiger partial charge >= 0.3 is 0 Å². The second kappa shape index (κ2) is 6.68. The Hall–Kier alpha value is -2.67. The number of aromatic hydroxyl groups is 1. The van der Waals surface area contributed by atoms with Crippen LogP contribution in [0.5, 0.6) is 5.75 Å². The number of ether oxygens (including phenoxy) is 1. The van der Waals surface area contributed by atoms with E-state index in [-0.39, 0.29) is 6.10 Å². The molecular weight excluding hydrogens is 318 g/mol. The average Bonchev–Trinajstić information content (AvgIpc) is 3.26. The number of fused-ring (bicyclic) bond motifs is 1. The van der Waals surface area contributed by atoms with E-state index in [1.165, 1.54) is 6.33 Å². The number of anilines is 1. The van der Waals surface area contributed by atoms with Crippen LogP contribution < -0.4 is 4.90 Å². The fourth-order valence-corrected chi connectivity index (χ4v) is 3.26. The summed E-state index contributed by atoms with van der Waals surface area (Å²) in [4.78, 5) is 10.8. The Bertz CT molecular complexity index is 873. The third kappa shape index (κ3) is 3.28. The van der Waals surface area contributed by atoms with Crippen molar-refractivity contribution in [1.82, 2.24) is 19.6 Å². The molecule has 1 aliphatic heterocycles. The Balaban J connectivity index is 1.73. The van der Waals surface area contributed by atoms with Gasteiger partial charge in [-0.3, -0.25) is 0 Å². The minimum Gasteiger partial charge on any atom is -0.508 e. The lowest BCUT2D eigenvalue weighted by Gasteiger charge is -2.28. The molecule has 3 aromatic rings. The molecule has 1 aromatic carbocycles. The van der Waals surface area contributed by atoms with Crippen molar-refractivity contribution in [3.63, 3.8) is 0 Å². The lowest BCUT2D eigenvalue weighted by molar-refractivity contribution is 0.115. The molecule has 0 aliphatic carbocycles. The van der Waals surface area contributed by atoms with E-state index in [1.54, 1.807) is 10.6 Å². The number of nitrogens with zero attached hydrogens (tertiary/aromatic N) is 5. The summed E-state index contributed by atoms with van der Waals surface area (Å²) in [5, 5.41) is 14.5. The molecule has 130 valence electrons. The van der Waals surface area contributed by atoms with E-state index in [2.05, 4.69) is 20.0 Å². The zero-order valence-electron chi connectivity index (χ0n) is 14.2. The van der Waals surface area contributed by atoms with Crippen molar-refractivity contribution in [3.05, 3.63) is 47.9 Å². The Morgan fingerprint density at radius 2 is 2.24 bits per heavy atom. The Kier molecular flexibility index (Phi) is 4.23. The van der Waals surface area contributed by atoms with Crippen LogP contribution >= 0.6 is 0 Å². The second-order valence-electron chi connectivity index (χ2n) is 6.37. The summed E-state index contributed by atoms with van der Waals surface area (Å²) in [5.41, 5.74) is 1.74. The van der Waals surface area contributed by atoms with Crippen molar-refractivity contribution in [1.29, 1.82) is 0 Å². The van der Waals surface area contributed by atoms with Crippen molar-refractivity contribution in [2.75, 3.05) is 18.1 Å². The van der Waals surface area contributed by atoms with Crippen molar-refractivity contribution in [2.24, 2.45) is 0 Å². The van der Waals surface area contributed by atoms with E-state index in [0.29, 0.717) is 18.1 Å². The first-order valence-electron chi connectivity index (χ1n) is 8.51. The Labute approximate surface area is 145 Å². The van der Waals surface area contributed by atoms with Crippen LogP contribution in [0.15, 0.2) is 36.7 Å². The van der Waals surface area contributed by atoms with Crippen molar-refractivity contribution in [2.45, 2.75) is 32.4 Å². The van der Waals surface area contributed by atoms with Gasteiger partial charge in [0, 0.05) is 37.0 Å². The van der Waals surface area contributed by atoms with Gasteiger partial charge in [-0.1, -0.05) is 18.2 Å². The normalized spacial score (nSPS) is 17.2. The minimum atomic E-state index is 0.179. The predicted molar refractivity (Wildman–Crippen MR) is 93.6 cm³/mol. The smallest absolute Gasteiger partial charge is 0.254 e. The number of benzene rings is 1. The Morgan fingerprint density at radius 1 is 1.36 bits per heavy atom. The van der Waals surface area contributed by atoms with Gasteiger partial charge in [-0.15, -0.1) is 0 Å². The molecule has 7 heteroatoms. The van der Waals surface area contributed by atoms with Crippen molar-refractivity contribution in [3.8, 4) is 5.75 Å². The lowest BCUT2D eigenvalue weighted by atomic mass is 10.1. The maximum atomic E-state index is 10.2. The van der Waals surface area contributed by atoms with Gasteiger partial charge in [-0.2, -0.15) is 14.6 Å². The van der Waals surface area contributed by atoms with Crippen LogP contribution in [0.1, 0.15) is 24.1 Å². The van der Waals surface area contributed by atoms with Gasteiger partial charge in [0.05, 0.1) is 6.10 Å². The first kappa shape index (κ1) is 15.8. The summed E-state index contributed by atoms with van der Waals surface area (Å²) in [6.07, 6.45) is 3.82. The Morgan fingerprint density at radius 3 is 3.04 bits per heavy atom. The van der Waals surface area contributed by atoms with Gasteiger partial charge in [0.25, 0.3) is 5.78 Å². The van der Waals surface area contributed by atoms with E-state index in [9.17, 15) is 5.11 Å². The fraction of sp³-hybridized carbons (Fsp3) is 0.389. The maximum Gasteiger partial charge on any atom is 0.254 e. The summed E-state index contributed by atoms with van der Waals surface area (Å²) in [7, 11) is 0. The van der Waals surface area contributed by atoms with E-state index in [0.717, 1.165) is 43.1 Å². The maximum absolute atomic E-state index is 10.2. The van der Waals surface area contributed by atoms with Gasteiger partial charge in [-0.05, 0) is 25.8 Å².